The first-order chi connectivity index (χ1) is 4.88. The van der Waals surface area contributed by atoms with E-state index in [1.54, 1.807) is 0 Å². The maximum atomic E-state index is 12.0. The van der Waals surface area contributed by atoms with E-state index in [0.29, 0.717) is 4.48 Å². The second-order valence-electron chi connectivity index (χ2n) is 2.37. The normalized spacial score (nSPS) is 14.6. The van der Waals surface area contributed by atoms with Crippen molar-refractivity contribution in [3.8, 4) is 0 Å². The van der Waals surface area contributed by atoms with E-state index in [9.17, 15) is 13.2 Å². The molecule has 0 saturated carbocycles. The van der Waals surface area contributed by atoms with Gasteiger partial charge in [-0.3, -0.25) is 0 Å². The van der Waals surface area contributed by atoms with Crippen molar-refractivity contribution in [3.63, 3.8) is 0 Å². The van der Waals surface area contributed by atoms with Crippen LogP contribution in [0.25, 0.3) is 0 Å². The minimum Gasteiger partial charge on any atom is -0.171 e. The lowest BCUT2D eigenvalue weighted by Crippen LogP contribution is -2.21. The number of halogens is 4. The van der Waals surface area contributed by atoms with Crippen LogP contribution in [0.15, 0.2) is 11.1 Å². The van der Waals surface area contributed by atoms with Gasteiger partial charge in [-0.1, -0.05) is 29.4 Å². The molecule has 0 bridgehead atoms. The van der Waals surface area contributed by atoms with Crippen LogP contribution in [0.2, 0.25) is 0 Å². The number of rotatable bonds is 3. The average molecular weight is 231 g/mol. The van der Waals surface area contributed by atoms with Gasteiger partial charge >= 0.3 is 6.18 Å². The highest BCUT2D eigenvalue weighted by Crippen LogP contribution is 2.34. The fourth-order valence-corrected chi connectivity index (χ4v) is 1.15. The molecule has 0 nitrogen and oxygen atoms in total. The van der Waals surface area contributed by atoms with Gasteiger partial charge in [-0.25, -0.2) is 0 Å². The number of hydrogen-bond acceptors (Lipinski definition) is 0. The molecule has 0 saturated heterocycles. The lowest BCUT2D eigenvalue weighted by Gasteiger charge is -2.17. The molecule has 11 heavy (non-hydrogen) atoms. The summed E-state index contributed by atoms with van der Waals surface area (Å²) in [5.74, 6) is -1.26. The average Bonchev–Trinajstić information content (AvgIpc) is 1.79. The van der Waals surface area contributed by atoms with E-state index >= 15 is 0 Å². The molecule has 0 rings (SSSR count). The number of hydrogen-bond donors (Lipinski definition) is 0. The fourth-order valence-electron chi connectivity index (χ4n) is 0.759. The molecule has 0 spiro atoms. The second-order valence-corrected chi connectivity index (χ2v) is 3.49. The predicted molar refractivity (Wildman–Crippen MR) is 42.5 cm³/mol. The summed E-state index contributed by atoms with van der Waals surface area (Å²) in [6.45, 7) is 4.89. The van der Waals surface area contributed by atoms with Crippen molar-refractivity contribution in [2.75, 3.05) is 0 Å². The SMILES string of the molecule is C=C(Br)C[C@H](CC)C(F)(F)F. The van der Waals surface area contributed by atoms with E-state index in [2.05, 4.69) is 22.5 Å². The molecule has 0 amide bonds. The van der Waals surface area contributed by atoms with Crippen LogP contribution in [0.3, 0.4) is 0 Å². The summed E-state index contributed by atoms with van der Waals surface area (Å²) in [7, 11) is 0. The molecule has 0 aromatic rings. The molecule has 1 atom stereocenters. The molecular weight excluding hydrogens is 221 g/mol. The highest BCUT2D eigenvalue weighted by Gasteiger charge is 2.37. The van der Waals surface area contributed by atoms with Crippen molar-refractivity contribution in [3.05, 3.63) is 11.1 Å². The molecule has 0 aliphatic carbocycles. The number of alkyl halides is 3. The molecule has 0 aliphatic heterocycles. The third-order valence-electron chi connectivity index (χ3n) is 1.42. The Kier molecular flexibility index (Phi) is 4.14. The van der Waals surface area contributed by atoms with Gasteiger partial charge in [-0.2, -0.15) is 13.2 Å². The van der Waals surface area contributed by atoms with E-state index in [4.69, 9.17) is 0 Å². The topological polar surface area (TPSA) is 0 Å². The van der Waals surface area contributed by atoms with Crippen LogP contribution in [0.4, 0.5) is 13.2 Å². The van der Waals surface area contributed by atoms with Gasteiger partial charge in [0.25, 0.3) is 0 Å². The van der Waals surface area contributed by atoms with E-state index < -0.39 is 12.1 Å². The van der Waals surface area contributed by atoms with E-state index in [1.165, 1.54) is 6.92 Å². The Hall–Kier alpha value is 0.01000. The molecule has 0 unspecified atom stereocenters. The zero-order valence-corrected chi connectivity index (χ0v) is 7.80. The Labute approximate surface area is 72.6 Å². The smallest absolute Gasteiger partial charge is 0.171 e. The third-order valence-corrected chi connectivity index (χ3v) is 1.75. The van der Waals surface area contributed by atoms with Crippen LogP contribution in [0.1, 0.15) is 19.8 Å². The first-order valence-corrected chi connectivity index (χ1v) is 4.07. The van der Waals surface area contributed by atoms with Crippen LogP contribution in [-0.4, -0.2) is 6.18 Å². The molecule has 4 heteroatoms. The number of allylic oxidation sites excluding steroid dienone is 1. The molecular formula is C7H10BrF3. The Bertz CT molecular complexity index is 139. The second kappa shape index (κ2) is 4.14. The molecule has 0 aromatic carbocycles. The maximum absolute atomic E-state index is 12.0. The van der Waals surface area contributed by atoms with Crippen LogP contribution in [0, 0.1) is 5.92 Å². The summed E-state index contributed by atoms with van der Waals surface area (Å²) in [5, 5.41) is 0. The summed E-state index contributed by atoms with van der Waals surface area (Å²) in [5.41, 5.74) is 0. The lowest BCUT2D eigenvalue weighted by atomic mass is 10.0. The van der Waals surface area contributed by atoms with E-state index in [-0.39, 0.29) is 12.8 Å². The molecule has 0 fully saturated rings. The molecule has 0 radical (unpaired) electrons. The summed E-state index contributed by atoms with van der Waals surface area (Å²) < 4.78 is 36.5. The summed E-state index contributed by atoms with van der Waals surface area (Å²) in [6, 6.07) is 0. The van der Waals surface area contributed by atoms with Crippen LogP contribution < -0.4 is 0 Å². The highest BCUT2D eigenvalue weighted by molar-refractivity contribution is 9.11. The first-order valence-electron chi connectivity index (χ1n) is 3.28. The van der Waals surface area contributed by atoms with Gasteiger partial charge in [0.2, 0.25) is 0 Å². The fraction of sp³-hybridized carbons (Fsp3) is 0.714. The van der Waals surface area contributed by atoms with Crippen LogP contribution >= 0.6 is 15.9 Å². The van der Waals surface area contributed by atoms with Gasteiger partial charge in [0.1, 0.15) is 0 Å². The quantitative estimate of drug-likeness (QED) is 0.691. The van der Waals surface area contributed by atoms with Crippen molar-refractivity contribution in [2.45, 2.75) is 25.9 Å². The monoisotopic (exact) mass is 230 g/mol. The Morgan fingerprint density at radius 1 is 1.55 bits per heavy atom. The van der Waals surface area contributed by atoms with Crippen molar-refractivity contribution >= 4 is 15.9 Å². The van der Waals surface area contributed by atoms with Gasteiger partial charge in [0, 0.05) is 0 Å². The van der Waals surface area contributed by atoms with Crippen molar-refractivity contribution in [1.82, 2.24) is 0 Å². The van der Waals surface area contributed by atoms with Crippen molar-refractivity contribution < 1.29 is 13.2 Å². The van der Waals surface area contributed by atoms with E-state index in [1.807, 2.05) is 0 Å². The highest BCUT2D eigenvalue weighted by atomic mass is 79.9. The molecule has 0 heterocycles. The van der Waals surface area contributed by atoms with Gasteiger partial charge in [-0.05, 0) is 17.3 Å². The minimum absolute atomic E-state index is 0.0278. The van der Waals surface area contributed by atoms with Gasteiger partial charge in [0.05, 0.1) is 5.92 Å². The van der Waals surface area contributed by atoms with Crippen LogP contribution in [0.5, 0.6) is 0 Å². The Morgan fingerprint density at radius 3 is 2.09 bits per heavy atom. The standard InChI is InChI=1S/C7H10BrF3/c1-3-6(4-5(2)8)7(9,10)11/h6H,2-4H2,1H3/t6-/m0/s1. The zero-order chi connectivity index (χ0) is 9.07. The molecule has 0 aliphatic rings. The van der Waals surface area contributed by atoms with E-state index in [0.717, 1.165) is 0 Å². The molecule has 0 N–H and O–H groups in total. The van der Waals surface area contributed by atoms with Crippen LogP contribution in [-0.2, 0) is 0 Å². The summed E-state index contributed by atoms with van der Waals surface area (Å²) >= 11 is 2.91. The van der Waals surface area contributed by atoms with Gasteiger partial charge in [0.15, 0.2) is 0 Å². The minimum atomic E-state index is -4.09. The zero-order valence-electron chi connectivity index (χ0n) is 6.21. The van der Waals surface area contributed by atoms with Crippen molar-refractivity contribution in [2.24, 2.45) is 5.92 Å². The third kappa shape index (κ3) is 4.45. The summed E-state index contributed by atoms with van der Waals surface area (Å²) in [6.07, 6.45) is -4.01. The first kappa shape index (κ1) is 11.0. The van der Waals surface area contributed by atoms with Gasteiger partial charge in [-0.15, -0.1) is 0 Å². The Morgan fingerprint density at radius 2 is 2.00 bits per heavy atom. The largest absolute Gasteiger partial charge is 0.392 e. The molecule has 66 valence electrons. The predicted octanol–water partition coefficient (Wildman–Crippen LogP) is 3.87. The Balaban J connectivity index is 4.07. The lowest BCUT2D eigenvalue weighted by molar-refractivity contribution is -0.174. The van der Waals surface area contributed by atoms with Gasteiger partial charge < -0.3 is 0 Å². The van der Waals surface area contributed by atoms with Crippen molar-refractivity contribution in [1.29, 1.82) is 0 Å². The molecule has 0 aromatic heterocycles. The summed E-state index contributed by atoms with van der Waals surface area (Å²) in [4.78, 5) is 0. The maximum Gasteiger partial charge on any atom is 0.392 e.